The molecule has 0 radical (unpaired) electrons. The van der Waals surface area contributed by atoms with Crippen LogP contribution in [0.5, 0.6) is 11.5 Å². The third-order valence-electron chi connectivity index (χ3n) is 3.10. The number of nitrogens with one attached hydrogen (secondary N) is 1. The standard InChI is InChI=1S/C16H18FNO2/c1-18-16(12-3-7-14(19-2)8-4-12)11-20-15-9-5-13(17)6-10-15/h3-10,16,18H,11H2,1-2H3. The lowest BCUT2D eigenvalue weighted by Crippen LogP contribution is -2.23. The maximum Gasteiger partial charge on any atom is 0.123 e. The number of halogens is 1. The van der Waals surface area contributed by atoms with Crippen LogP contribution in [0.3, 0.4) is 0 Å². The molecule has 0 aliphatic rings. The van der Waals surface area contributed by atoms with Crippen molar-refractivity contribution in [2.24, 2.45) is 0 Å². The zero-order chi connectivity index (χ0) is 14.4. The van der Waals surface area contributed by atoms with Gasteiger partial charge in [-0.15, -0.1) is 0 Å². The predicted octanol–water partition coefficient (Wildman–Crippen LogP) is 3.17. The average molecular weight is 275 g/mol. The summed E-state index contributed by atoms with van der Waals surface area (Å²) in [6.07, 6.45) is 0. The molecule has 0 aromatic heterocycles. The van der Waals surface area contributed by atoms with E-state index in [9.17, 15) is 4.39 Å². The number of rotatable bonds is 6. The molecule has 0 saturated heterocycles. The summed E-state index contributed by atoms with van der Waals surface area (Å²) >= 11 is 0. The number of benzene rings is 2. The Morgan fingerprint density at radius 1 is 1.00 bits per heavy atom. The topological polar surface area (TPSA) is 30.5 Å². The Morgan fingerprint density at radius 2 is 1.60 bits per heavy atom. The van der Waals surface area contributed by atoms with E-state index in [1.807, 2.05) is 31.3 Å². The van der Waals surface area contributed by atoms with Crippen molar-refractivity contribution < 1.29 is 13.9 Å². The minimum atomic E-state index is -0.266. The summed E-state index contributed by atoms with van der Waals surface area (Å²) in [7, 11) is 3.52. The molecule has 1 atom stereocenters. The van der Waals surface area contributed by atoms with Gasteiger partial charge in [-0.1, -0.05) is 12.1 Å². The fourth-order valence-corrected chi connectivity index (χ4v) is 1.89. The van der Waals surface area contributed by atoms with E-state index in [-0.39, 0.29) is 11.9 Å². The summed E-state index contributed by atoms with van der Waals surface area (Å²) in [5, 5.41) is 3.20. The van der Waals surface area contributed by atoms with Gasteiger partial charge in [0.1, 0.15) is 23.9 Å². The van der Waals surface area contributed by atoms with Crippen LogP contribution in [0.1, 0.15) is 11.6 Å². The molecule has 20 heavy (non-hydrogen) atoms. The molecule has 0 aliphatic heterocycles. The Morgan fingerprint density at radius 3 is 2.15 bits per heavy atom. The molecule has 2 aromatic carbocycles. The minimum absolute atomic E-state index is 0.0611. The van der Waals surface area contributed by atoms with Crippen LogP contribution in [0.25, 0.3) is 0 Å². The predicted molar refractivity (Wildman–Crippen MR) is 76.7 cm³/mol. The molecule has 0 saturated carbocycles. The molecule has 4 heteroatoms. The van der Waals surface area contributed by atoms with Crippen molar-refractivity contribution in [3.05, 3.63) is 59.9 Å². The number of methoxy groups -OCH3 is 1. The van der Waals surface area contributed by atoms with E-state index in [0.717, 1.165) is 11.3 Å². The van der Waals surface area contributed by atoms with E-state index in [2.05, 4.69) is 5.32 Å². The van der Waals surface area contributed by atoms with Crippen LogP contribution in [0, 0.1) is 5.82 Å². The smallest absolute Gasteiger partial charge is 0.123 e. The summed E-state index contributed by atoms with van der Waals surface area (Å²) in [5.74, 6) is 1.21. The van der Waals surface area contributed by atoms with Gasteiger partial charge in [-0.25, -0.2) is 4.39 Å². The molecule has 0 spiro atoms. The fourth-order valence-electron chi connectivity index (χ4n) is 1.89. The van der Waals surface area contributed by atoms with Crippen LogP contribution in [-0.4, -0.2) is 20.8 Å². The van der Waals surface area contributed by atoms with Gasteiger partial charge < -0.3 is 14.8 Å². The Hall–Kier alpha value is -2.07. The van der Waals surface area contributed by atoms with Crippen LogP contribution >= 0.6 is 0 Å². The summed E-state index contributed by atoms with van der Waals surface area (Å²) in [6, 6.07) is 13.9. The molecular weight excluding hydrogens is 257 g/mol. The molecule has 2 aromatic rings. The molecule has 0 heterocycles. The summed E-state index contributed by atoms with van der Waals surface area (Å²) in [5.41, 5.74) is 1.11. The third kappa shape index (κ3) is 3.71. The zero-order valence-electron chi connectivity index (χ0n) is 11.6. The quantitative estimate of drug-likeness (QED) is 0.878. The van der Waals surface area contributed by atoms with Crippen molar-refractivity contribution in [1.82, 2.24) is 5.32 Å². The van der Waals surface area contributed by atoms with Crippen molar-refractivity contribution in [2.75, 3.05) is 20.8 Å². The molecule has 1 unspecified atom stereocenters. The highest BCUT2D eigenvalue weighted by atomic mass is 19.1. The molecule has 106 valence electrons. The zero-order valence-corrected chi connectivity index (χ0v) is 11.6. The lowest BCUT2D eigenvalue weighted by molar-refractivity contribution is 0.272. The number of likely N-dealkylation sites (N-methyl/N-ethyl adjacent to an activating group) is 1. The van der Waals surface area contributed by atoms with Gasteiger partial charge in [0.05, 0.1) is 13.2 Å². The highest BCUT2D eigenvalue weighted by molar-refractivity contribution is 5.29. The molecule has 0 amide bonds. The summed E-state index contributed by atoms with van der Waals surface area (Å²) in [6.45, 7) is 0.467. The van der Waals surface area contributed by atoms with E-state index in [1.54, 1.807) is 19.2 Å². The first-order valence-electron chi connectivity index (χ1n) is 6.42. The van der Waals surface area contributed by atoms with Crippen LogP contribution in [0.15, 0.2) is 48.5 Å². The van der Waals surface area contributed by atoms with Crippen LogP contribution < -0.4 is 14.8 Å². The number of hydrogen-bond donors (Lipinski definition) is 1. The van der Waals surface area contributed by atoms with Gasteiger partial charge in [-0.2, -0.15) is 0 Å². The Bertz CT molecular complexity index is 525. The second-order valence-corrected chi connectivity index (χ2v) is 4.38. The highest BCUT2D eigenvalue weighted by Crippen LogP contribution is 2.19. The molecule has 0 fully saturated rings. The van der Waals surface area contributed by atoms with E-state index in [4.69, 9.17) is 9.47 Å². The van der Waals surface area contributed by atoms with E-state index < -0.39 is 0 Å². The van der Waals surface area contributed by atoms with Gasteiger partial charge in [0.2, 0.25) is 0 Å². The number of hydrogen-bond acceptors (Lipinski definition) is 3. The van der Waals surface area contributed by atoms with Crippen molar-refractivity contribution in [1.29, 1.82) is 0 Å². The van der Waals surface area contributed by atoms with Crippen molar-refractivity contribution in [2.45, 2.75) is 6.04 Å². The van der Waals surface area contributed by atoms with Crippen molar-refractivity contribution in [3.8, 4) is 11.5 Å². The first-order chi connectivity index (χ1) is 9.72. The first-order valence-corrected chi connectivity index (χ1v) is 6.42. The molecule has 1 N–H and O–H groups in total. The maximum absolute atomic E-state index is 12.8. The first kappa shape index (κ1) is 14.3. The normalized spacial score (nSPS) is 11.9. The van der Waals surface area contributed by atoms with Gasteiger partial charge in [-0.05, 0) is 49.0 Å². The van der Waals surface area contributed by atoms with Gasteiger partial charge in [0.25, 0.3) is 0 Å². The summed E-state index contributed by atoms with van der Waals surface area (Å²) < 4.78 is 23.6. The monoisotopic (exact) mass is 275 g/mol. The SMILES string of the molecule is CNC(COc1ccc(F)cc1)c1ccc(OC)cc1. The maximum atomic E-state index is 12.8. The highest BCUT2D eigenvalue weighted by Gasteiger charge is 2.10. The Balaban J connectivity index is 1.99. The largest absolute Gasteiger partial charge is 0.497 e. The Labute approximate surface area is 118 Å². The van der Waals surface area contributed by atoms with E-state index in [1.165, 1.54) is 12.1 Å². The lowest BCUT2D eigenvalue weighted by Gasteiger charge is -2.17. The lowest BCUT2D eigenvalue weighted by atomic mass is 10.1. The molecule has 3 nitrogen and oxygen atoms in total. The minimum Gasteiger partial charge on any atom is -0.497 e. The second-order valence-electron chi connectivity index (χ2n) is 4.38. The van der Waals surface area contributed by atoms with Crippen molar-refractivity contribution >= 4 is 0 Å². The fraction of sp³-hybridized carbons (Fsp3) is 0.250. The van der Waals surface area contributed by atoms with E-state index >= 15 is 0 Å². The summed E-state index contributed by atoms with van der Waals surface area (Å²) in [4.78, 5) is 0. The van der Waals surface area contributed by atoms with Crippen molar-refractivity contribution in [3.63, 3.8) is 0 Å². The molecular formula is C16H18FNO2. The van der Waals surface area contributed by atoms with Gasteiger partial charge in [0.15, 0.2) is 0 Å². The molecule has 2 rings (SSSR count). The second kappa shape index (κ2) is 6.91. The average Bonchev–Trinajstić information content (AvgIpc) is 2.50. The van der Waals surface area contributed by atoms with Gasteiger partial charge in [-0.3, -0.25) is 0 Å². The molecule has 0 aliphatic carbocycles. The molecule has 0 bridgehead atoms. The van der Waals surface area contributed by atoms with Crippen LogP contribution in [-0.2, 0) is 0 Å². The van der Waals surface area contributed by atoms with Gasteiger partial charge >= 0.3 is 0 Å². The van der Waals surface area contributed by atoms with Crippen LogP contribution in [0.2, 0.25) is 0 Å². The van der Waals surface area contributed by atoms with Crippen LogP contribution in [0.4, 0.5) is 4.39 Å². The van der Waals surface area contributed by atoms with E-state index in [0.29, 0.717) is 12.4 Å². The number of ether oxygens (including phenoxy) is 2. The third-order valence-corrected chi connectivity index (χ3v) is 3.10. The Kier molecular flexibility index (Phi) is 4.96. The van der Waals surface area contributed by atoms with Gasteiger partial charge in [0, 0.05) is 0 Å².